The van der Waals surface area contributed by atoms with E-state index in [4.69, 9.17) is 0 Å². The summed E-state index contributed by atoms with van der Waals surface area (Å²) in [5, 5.41) is 2.75. The lowest BCUT2D eigenvalue weighted by Gasteiger charge is -2.17. The van der Waals surface area contributed by atoms with E-state index >= 15 is 0 Å². The highest BCUT2D eigenvalue weighted by Crippen LogP contribution is 2.23. The highest BCUT2D eigenvalue weighted by atomic mass is 32.2. The lowest BCUT2D eigenvalue weighted by molar-refractivity contribution is -0.118. The molecule has 2 N–H and O–H groups in total. The summed E-state index contributed by atoms with van der Waals surface area (Å²) in [4.78, 5) is 21.4. The molecule has 1 aromatic carbocycles. The number of nitrogens with zero attached hydrogens (tertiary/aromatic N) is 2. The van der Waals surface area contributed by atoms with Crippen molar-refractivity contribution < 1.29 is 13.2 Å². The Morgan fingerprint density at radius 3 is 2.65 bits per heavy atom. The van der Waals surface area contributed by atoms with Gasteiger partial charge in [0.15, 0.2) is 0 Å². The number of fused-ring (bicyclic) bond motifs is 1. The Labute approximate surface area is 152 Å². The van der Waals surface area contributed by atoms with Crippen molar-refractivity contribution in [3.63, 3.8) is 0 Å². The van der Waals surface area contributed by atoms with Gasteiger partial charge in [0.1, 0.15) is 17.7 Å². The largest absolute Gasteiger partial charge is 0.309 e. The first-order valence-electron chi connectivity index (χ1n) is 8.21. The lowest BCUT2D eigenvalue weighted by atomic mass is 10.0. The van der Waals surface area contributed by atoms with Crippen molar-refractivity contribution in [2.75, 3.05) is 5.32 Å². The molecule has 0 unspecified atom stereocenters. The summed E-state index contributed by atoms with van der Waals surface area (Å²) in [5.74, 6) is 0.152. The van der Waals surface area contributed by atoms with Crippen molar-refractivity contribution in [2.45, 2.75) is 31.7 Å². The predicted octanol–water partition coefficient (Wildman–Crippen LogP) is 2.09. The normalized spacial score (nSPS) is 17.6. The van der Waals surface area contributed by atoms with E-state index in [0.29, 0.717) is 11.4 Å². The number of carbonyl (C=O) groups excluding carboxylic acids is 1. The summed E-state index contributed by atoms with van der Waals surface area (Å²) in [5.41, 5.74) is 1.44. The van der Waals surface area contributed by atoms with Crippen molar-refractivity contribution in [2.24, 2.45) is 10.9 Å². The molecule has 0 saturated carbocycles. The quantitative estimate of drug-likeness (QED) is 0.858. The molecule has 0 fully saturated rings. The number of hydrogen-bond donors (Lipinski definition) is 2. The minimum absolute atomic E-state index is 0.135. The van der Waals surface area contributed by atoms with Gasteiger partial charge in [0.25, 0.3) is 15.9 Å². The average molecular weight is 372 g/mol. The predicted molar refractivity (Wildman–Crippen MR) is 99.5 cm³/mol. The first-order chi connectivity index (χ1) is 12.3. The molecule has 1 aliphatic rings. The van der Waals surface area contributed by atoms with Gasteiger partial charge in [0.05, 0.1) is 4.90 Å². The number of pyridine rings is 1. The number of aryl methyl sites for hydroxylation is 1. The zero-order valence-corrected chi connectivity index (χ0v) is 15.5. The SMILES string of the molecule is Cc1ccnc(NC(=O)[C@@H](N=C2NS(=O)(=O)c3ccccc32)C(C)C)c1. The van der Waals surface area contributed by atoms with Gasteiger partial charge in [-0.15, -0.1) is 0 Å². The number of anilines is 1. The van der Waals surface area contributed by atoms with Crippen molar-refractivity contribution in [1.29, 1.82) is 0 Å². The third kappa shape index (κ3) is 3.60. The van der Waals surface area contributed by atoms with Crippen molar-refractivity contribution in [1.82, 2.24) is 9.71 Å². The molecular formula is C18H20N4O3S. The minimum atomic E-state index is -3.64. The second-order valence-corrected chi connectivity index (χ2v) is 8.13. The smallest absolute Gasteiger partial charge is 0.263 e. The number of aliphatic imine (C=N–C) groups is 1. The summed E-state index contributed by atoms with van der Waals surface area (Å²) < 4.78 is 26.9. The second-order valence-electron chi connectivity index (χ2n) is 6.48. The molecule has 136 valence electrons. The molecule has 0 radical (unpaired) electrons. The topological polar surface area (TPSA) is 101 Å². The zero-order valence-electron chi connectivity index (χ0n) is 14.7. The standard InChI is InChI=1S/C18H20N4O3S/c1-11(2)16(18(23)20-15-10-12(3)8-9-19-15)21-17-13-6-4-5-7-14(13)26(24,25)22-17/h4-11,16H,1-3H3,(H,21,22)(H,19,20,23)/t16-/m0/s1. The molecule has 2 heterocycles. The fourth-order valence-corrected chi connectivity index (χ4v) is 3.92. The molecule has 0 bridgehead atoms. The Morgan fingerprint density at radius 1 is 1.23 bits per heavy atom. The first kappa shape index (κ1) is 18.1. The maximum Gasteiger partial charge on any atom is 0.263 e. The van der Waals surface area contributed by atoms with Crippen molar-refractivity contribution >= 4 is 27.6 Å². The van der Waals surface area contributed by atoms with Crippen LogP contribution in [0.5, 0.6) is 0 Å². The number of benzene rings is 1. The van der Waals surface area contributed by atoms with E-state index in [0.717, 1.165) is 5.56 Å². The highest BCUT2D eigenvalue weighted by molar-refractivity contribution is 7.90. The van der Waals surface area contributed by atoms with E-state index in [2.05, 4.69) is 20.0 Å². The monoisotopic (exact) mass is 372 g/mol. The Morgan fingerprint density at radius 2 is 1.96 bits per heavy atom. The van der Waals surface area contributed by atoms with Gasteiger partial charge >= 0.3 is 0 Å². The molecule has 1 aliphatic heterocycles. The van der Waals surface area contributed by atoms with Gasteiger partial charge in [-0.1, -0.05) is 26.0 Å². The van der Waals surface area contributed by atoms with Crippen LogP contribution in [0.3, 0.4) is 0 Å². The third-order valence-electron chi connectivity index (χ3n) is 4.00. The number of hydrogen-bond acceptors (Lipinski definition) is 5. The van der Waals surface area contributed by atoms with Crippen LogP contribution in [0, 0.1) is 12.8 Å². The van der Waals surface area contributed by atoms with Gasteiger partial charge < -0.3 is 5.32 Å². The molecule has 0 aliphatic carbocycles. The van der Waals surface area contributed by atoms with E-state index < -0.39 is 16.1 Å². The van der Waals surface area contributed by atoms with Gasteiger partial charge in [-0.05, 0) is 42.7 Å². The van der Waals surface area contributed by atoms with Crippen LogP contribution in [-0.4, -0.2) is 31.2 Å². The van der Waals surface area contributed by atoms with Gasteiger partial charge in [-0.3, -0.25) is 14.5 Å². The summed E-state index contributed by atoms with van der Waals surface area (Å²) in [6.07, 6.45) is 1.61. The number of nitrogens with one attached hydrogen (secondary N) is 2. The van der Waals surface area contributed by atoms with E-state index in [9.17, 15) is 13.2 Å². The molecule has 26 heavy (non-hydrogen) atoms. The van der Waals surface area contributed by atoms with E-state index in [1.165, 1.54) is 6.07 Å². The lowest BCUT2D eigenvalue weighted by Crippen LogP contribution is -2.34. The number of aromatic nitrogens is 1. The molecule has 0 spiro atoms. The Hall–Kier alpha value is -2.74. The van der Waals surface area contributed by atoms with Crippen LogP contribution in [-0.2, 0) is 14.8 Å². The van der Waals surface area contributed by atoms with Crippen LogP contribution >= 0.6 is 0 Å². The molecular weight excluding hydrogens is 352 g/mol. The Bertz CT molecular complexity index is 983. The third-order valence-corrected chi connectivity index (χ3v) is 5.39. The van der Waals surface area contributed by atoms with Gasteiger partial charge in [0, 0.05) is 11.8 Å². The molecule has 0 saturated heterocycles. The summed E-state index contributed by atoms with van der Waals surface area (Å²) >= 11 is 0. The number of carbonyl (C=O) groups is 1. The average Bonchev–Trinajstić information content (AvgIpc) is 2.83. The molecule has 1 atom stereocenters. The van der Waals surface area contributed by atoms with Crippen LogP contribution in [0.25, 0.3) is 0 Å². The van der Waals surface area contributed by atoms with Crippen LogP contribution in [0.1, 0.15) is 25.0 Å². The van der Waals surface area contributed by atoms with Crippen molar-refractivity contribution in [3.8, 4) is 0 Å². The number of amides is 1. The zero-order chi connectivity index (χ0) is 18.9. The van der Waals surface area contributed by atoms with Crippen LogP contribution in [0.4, 0.5) is 5.82 Å². The van der Waals surface area contributed by atoms with Gasteiger partial charge in [-0.2, -0.15) is 0 Å². The van der Waals surface area contributed by atoms with E-state index in [1.54, 1.807) is 30.5 Å². The summed E-state index contributed by atoms with van der Waals surface area (Å²) in [7, 11) is -3.64. The van der Waals surface area contributed by atoms with Crippen LogP contribution in [0.2, 0.25) is 0 Å². The fraction of sp³-hybridized carbons (Fsp3) is 0.278. The highest BCUT2D eigenvalue weighted by Gasteiger charge is 2.32. The van der Waals surface area contributed by atoms with Crippen molar-refractivity contribution in [3.05, 3.63) is 53.7 Å². The first-order valence-corrected chi connectivity index (χ1v) is 9.70. The molecule has 1 amide bonds. The number of sulfonamides is 1. The Balaban J connectivity index is 1.92. The molecule has 3 rings (SSSR count). The number of amidine groups is 1. The second kappa shape index (κ2) is 6.87. The minimum Gasteiger partial charge on any atom is -0.309 e. The molecule has 7 nitrogen and oxygen atoms in total. The maximum atomic E-state index is 12.7. The Kier molecular flexibility index (Phi) is 4.78. The fourth-order valence-electron chi connectivity index (χ4n) is 2.68. The van der Waals surface area contributed by atoms with Crippen LogP contribution in [0.15, 0.2) is 52.5 Å². The van der Waals surface area contributed by atoms with Gasteiger partial charge in [0.2, 0.25) is 0 Å². The number of rotatable bonds is 4. The van der Waals surface area contributed by atoms with E-state index in [1.807, 2.05) is 26.8 Å². The maximum absolute atomic E-state index is 12.7. The summed E-state index contributed by atoms with van der Waals surface area (Å²) in [6.45, 7) is 5.61. The molecule has 8 heteroatoms. The summed E-state index contributed by atoms with van der Waals surface area (Å²) in [6, 6.07) is 9.40. The van der Waals surface area contributed by atoms with Crippen LogP contribution < -0.4 is 10.0 Å². The van der Waals surface area contributed by atoms with Gasteiger partial charge in [-0.25, -0.2) is 13.4 Å². The van der Waals surface area contributed by atoms with E-state index in [-0.39, 0.29) is 22.6 Å². The molecule has 1 aromatic heterocycles. The molecule has 2 aromatic rings.